The minimum Gasteiger partial charge on any atom is -0.491 e. The lowest BCUT2D eigenvalue weighted by molar-refractivity contribution is 0.0301. The lowest BCUT2D eigenvalue weighted by Crippen LogP contribution is -2.29. The summed E-state index contributed by atoms with van der Waals surface area (Å²) in [6, 6.07) is 34.5. The van der Waals surface area contributed by atoms with Crippen molar-refractivity contribution in [1.82, 2.24) is 0 Å². The molecule has 2 N–H and O–H groups in total. The van der Waals surface area contributed by atoms with Crippen molar-refractivity contribution in [1.29, 1.82) is 0 Å². The molecular weight excluding hydrogens is 612 g/mol. The van der Waals surface area contributed by atoms with E-state index in [1.807, 2.05) is 12.1 Å². The van der Waals surface area contributed by atoms with Gasteiger partial charge in [-0.15, -0.1) is 0 Å². The van der Waals surface area contributed by atoms with Crippen molar-refractivity contribution in [3.63, 3.8) is 0 Å². The predicted octanol–water partition coefficient (Wildman–Crippen LogP) is 8.72. The van der Waals surface area contributed by atoms with Crippen LogP contribution in [0.25, 0.3) is 11.1 Å². The Balaban J connectivity index is 1.37. The van der Waals surface area contributed by atoms with E-state index in [2.05, 4.69) is 98.8 Å². The van der Waals surface area contributed by atoms with Gasteiger partial charge in [0.25, 0.3) is 0 Å². The van der Waals surface area contributed by atoms with Crippen LogP contribution in [0.3, 0.4) is 0 Å². The third kappa shape index (κ3) is 9.31. The van der Waals surface area contributed by atoms with Gasteiger partial charge in [0.15, 0.2) is 0 Å². The molecule has 0 amide bonds. The molecular formula is C43H54O6. The van der Waals surface area contributed by atoms with Crippen molar-refractivity contribution >= 4 is 0 Å². The van der Waals surface area contributed by atoms with Crippen LogP contribution in [0, 0.1) is 0 Å². The highest BCUT2D eigenvalue weighted by atomic mass is 16.5. The van der Waals surface area contributed by atoms with Crippen molar-refractivity contribution in [3.05, 3.63) is 119 Å². The molecule has 4 aromatic carbocycles. The van der Waals surface area contributed by atoms with Crippen molar-refractivity contribution in [2.45, 2.75) is 82.8 Å². The van der Waals surface area contributed by atoms with Gasteiger partial charge >= 0.3 is 0 Å². The van der Waals surface area contributed by atoms with Gasteiger partial charge in [0.2, 0.25) is 0 Å². The lowest BCUT2D eigenvalue weighted by atomic mass is 9.67. The first-order chi connectivity index (χ1) is 24.1. The predicted molar refractivity (Wildman–Crippen MR) is 197 cm³/mol. The number of unbranched alkanes of at least 4 members (excludes halogenated alkanes) is 6. The van der Waals surface area contributed by atoms with E-state index >= 15 is 0 Å². The van der Waals surface area contributed by atoms with Crippen molar-refractivity contribution < 1.29 is 29.2 Å². The van der Waals surface area contributed by atoms with Crippen LogP contribution in [0.1, 0.15) is 87.5 Å². The summed E-state index contributed by atoms with van der Waals surface area (Å²) in [6.07, 6.45) is 7.80. The molecule has 262 valence electrons. The van der Waals surface area contributed by atoms with E-state index in [9.17, 15) is 0 Å². The van der Waals surface area contributed by atoms with Gasteiger partial charge in [0.05, 0.1) is 17.6 Å². The average Bonchev–Trinajstić information content (AvgIpc) is 3.44. The number of hydrogen-bond acceptors (Lipinski definition) is 6. The fourth-order valence-electron chi connectivity index (χ4n) is 6.89. The van der Waals surface area contributed by atoms with Crippen molar-refractivity contribution in [3.8, 4) is 22.6 Å². The van der Waals surface area contributed by atoms with Crippen LogP contribution >= 0.6 is 0 Å². The highest BCUT2D eigenvalue weighted by molar-refractivity contribution is 5.86. The molecule has 0 fully saturated rings. The van der Waals surface area contributed by atoms with E-state index in [1.54, 1.807) is 0 Å². The van der Waals surface area contributed by atoms with Gasteiger partial charge < -0.3 is 29.2 Å². The van der Waals surface area contributed by atoms with Gasteiger partial charge in [-0.2, -0.15) is 0 Å². The van der Waals surface area contributed by atoms with Crippen molar-refractivity contribution in [2.24, 2.45) is 0 Å². The molecule has 2 unspecified atom stereocenters. The van der Waals surface area contributed by atoms with E-state index in [0.717, 1.165) is 74.0 Å². The molecule has 2 atom stereocenters. The van der Waals surface area contributed by atoms with Gasteiger partial charge in [0, 0.05) is 26.4 Å². The van der Waals surface area contributed by atoms with E-state index < -0.39 is 5.41 Å². The standard InChI is InChI=1S/C43H54O6/c1-33(46-27-13-5-3-11-25-44)31-48-37-19-15-17-35(29-37)43(41-23-9-7-21-39(41)40-22-8-10-24-42(40)43)36-18-16-20-38(30-36)49-32-34(2)47-28-14-6-4-12-26-45/h7-10,15-24,29-30,33-34,44-45H,3-6,11-14,25-28,31-32H2,1-2H3. The second-order valence-corrected chi connectivity index (χ2v) is 13.2. The zero-order valence-corrected chi connectivity index (χ0v) is 29.3. The Morgan fingerprint density at radius 2 is 0.939 bits per heavy atom. The molecule has 0 bridgehead atoms. The molecule has 6 nitrogen and oxygen atoms in total. The number of rotatable bonds is 22. The number of benzene rings is 4. The minimum atomic E-state index is -0.570. The first-order valence-corrected chi connectivity index (χ1v) is 18.2. The molecule has 49 heavy (non-hydrogen) atoms. The third-order valence-corrected chi connectivity index (χ3v) is 9.37. The first-order valence-electron chi connectivity index (χ1n) is 18.2. The molecule has 0 saturated heterocycles. The highest BCUT2D eigenvalue weighted by Gasteiger charge is 2.46. The molecule has 5 rings (SSSR count). The molecule has 6 heteroatoms. The zero-order chi connectivity index (χ0) is 34.3. The maximum atomic E-state index is 8.99. The van der Waals surface area contributed by atoms with E-state index in [1.165, 1.54) is 22.3 Å². The summed E-state index contributed by atoms with van der Waals surface area (Å²) >= 11 is 0. The van der Waals surface area contributed by atoms with Gasteiger partial charge in [-0.1, -0.05) is 98.5 Å². The summed E-state index contributed by atoms with van der Waals surface area (Å²) in [5, 5.41) is 18.0. The molecule has 1 aliphatic carbocycles. The molecule has 4 aromatic rings. The fraction of sp³-hybridized carbons (Fsp3) is 0.442. The average molecular weight is 667 g/mol. The number of hydrogen-bond donors (Lipinski definition) is 2. The smallest absolute Gasteiger partial charge is 0.119 e. The summed E-state index contributed by atoms with van der Waals surface area (Å²) in [5.74, 6) is 1.62. The second-order valence-electron chi connectivity index (χ2n) is 13.2. The summed E-state index contributed by atoms with van der Waals surface area (Å²) in [7, 11) is 0. The van der Waals surface area contributed by atoms with Crippen LogP contribution in [0.2, 0.25) is 0 Å². The number of ether oxygens (including phenoxy) is 4. The fourth-order valence-corrected chi connectivity index (χ4v) is 6.89. The normalized spacial score (nSPS) is 14.2. The summed E-state index contributed by atoms with van der Waals surface area (Å²) in [4.78, 5) is 0. The van der Waals surface area contributed by atoms with Gasteiger partial charge in [-0.05, 0) is 97.2 Å². The Morgan fingerprint density at radius 1 is 0.510 bits per heavy atom. The van der Waals surface area contributed by atoms with Crippen LogP contribution in [0.4, 0.5) is 0 Å². The SMILES string of the molecule is CC(COc1cccc(C2(c3cccc(OCC(C)OCCCCCCO)c3)c3ccccc3-c3ccccc32)c1)OCCCCCCO. The van der Waals surface area contributed by atoms with Crippen LogP contribution in [-0.2, 0) is 14.9 Å². The molecule has 0 aromatic heterocycles. The highest BCUT2D eigenvalue weighted by Crippen LogP contribution is 2.56. The molecule has 0 aliphatic heterocycles. The van der Waals surface area contributed by atoms with E-state index in [0.29, 0.717) is 26.4 Å². The van der Waals surface area contributed by atoms with Crippen molar-refractivity contribution in [2.75, 3.05) is 39.6 Å². The number of aliphatic hydroxyl groups excluding tert-OH is 2. The Kier molecular flexibility index (Phi) is 14.1. The van der Waals surface area contributed by atoms with Crippen LogP contribution < -0.4 is 9.47 Å². The summed E-state index contributed by atoms with van der Waals surface area (Å²) in [5.41, 5.74) is 6.64. The van der Waals surface area contributed by atoms with Gasteiger partial charge in [-0.25, -0.2) is 0 Å². The van der Waals surface area contributed by atoms with Crippen LogP contribution in [-0.4, -0.2) is 62.1 Å². The Hall–Kier alpha value is -3.68. The number of fused-ring (bicyclic) bond motifs is 3. The largest absolute Gasteiger partial charge is 0.491 e. The number of aliphatic hydroxyl groups is 2. The quantitative estimate of drug-likeness (QED) is 0.0720. The third-order valence-electron chi connectivity index (χ3n) is 9.37. The lowest BCUT2D eigenvalue weighted by Gasteiger charge is -2.34. The molecule has 0 heterocycles. The summed E-state index contributed by atoms with van der Waals surface area (Å²) < 4.78 is 24.8. The second kappa shape index (κ2) is 18.9. The monoisotopic (exact) mass is 666 g/mol. The first kappa shape index (κ1) is 36.6. The zero-order valence-electron chi connectivity index (χ0n) is 29.3. The molecule has 0 saturated carbocycles. The van der Waals surface area contributed by atoms with Gasteiger partial charge in [-0.3, -0.25) is 0 Å². The van der Waals surface area contributed by atoms with Gasteiger partial charge in [0.1, 0.15) is 24.7 Å². The molecule has 0 spiro atoms. The van der Waals surface area contributed by atoms with Crippen LogP contribution in [0.15, 0.2) is 97.1 Å². The Morgan fingerprint density at radius 3 is 1.39 bits per heavy atom. The molecule has 1 aliphatic rings. The van der Waals surface area contributed by atoms with E-state index in [4.69, 9.17) is 29.2 Å². The van der Waals surface area contributed by atoms with Crippen LogP contribution in [0.5, 0.6) is 11.5 Å². The minimum absolute atomic E-state index is 0.0325. The van der Waals surface area contributed by atoms with E-state index in [-0.39, 0.29) is 25.4 Å². The maximum Gasteiger partial charge on any atom is 0.119 e. The Bertz CT molecular complexity index is 1450. The molecule has 0 radical (unpaired) electrons. The maximum absolute atomic E-state index is 8.99. The Labute approximate surface area is 293 Å². The summed E-state index contributed by atoms with van der Waals surface area (Å²) in [6.45, 7) is 6.94. The topological polar surface area (TPSA) is 77.4 Å².